The first kappa shape index (κ1) is 56.8. The van der Waals surface area contributed by atoms with Crippen molar-refractivity contribution in [3.05, 3.63) is 0 Å². The maximum Gasteiger partial charge on any atom is 2.00 e. The predicted octanol–water partition coefficient (Wildman–Crippen LogP) is -16.5. The van der Waals surface area contributed by atoms with Crippen molar-refractivity contribution in [3.8, 4) is 0 Å². The smallest absolute Gasteiger partial charge is 2.00 e. The van der Waals surface area contributed by atoms with E-state index in [9.17, 15) is 59.4 Å². The predicted molar refractivity (Wildman–Crippen MR) is 104 cm³/mol. The molecule has 22 heteroatoms. The van der Waals surface area contributed by atoms with Gasteiger partial charge in [-0.25, -0.2) is 0 Å². The second-order valence-electron chi connectivity index (χ2n) is 4.96. The first-order valence-electron chi connectivity index (χ1n) is 6.48. The molecule has 0 aromatic rings. The van der Waals surface area contributed by atoms with Gasteiger partial charge in [0, 0.05) is 24.8 Å². The molecular formula is C12H16Ca3Mg3O16. The van der Waals surface area contributed by atoms with E-state index in [1.165, 1.54) is 0 Å². The molecular weight excluding hydrogens is 593 g/mol. The van der Waals surface area contributed by atoms with Gasteiger partial charge in [0.2, 0.25) is 0 Å². The Bertz CT molecular complexity index is 627. The van der Waals surface area contributed by atoms with Gasteiger partial charge in [0.15, 0.2) is 0 Å². The fraction of sp³-hybridized carbons (Fsp3) is 0.500. The zero-order valence-electron chi connectivity index (χ0n) is 15.4. The quantitative estimate of drug-likeness (QED) is 0.167. The summed E-state index contributed by atoms with van der Waals surface area (Å²) in [5.74, 6) is -13.7. The average Bonchev–Trinajstić information content (AvgIpc) is 2.51. The SMILES string of the molecule is O=C([O-])CC(O)(C(=O)[O-])C(O)C(=O)[O-].O=C([O-])CC(O)(C(=O)[O-])C(O)C(=O)[O-].[CaH2].[CaH2].[CaH2].[Mg+2].[Mg+2].[Mg+2]. The normalized spacial score (nSPS) is 13.8. The minimum absolute atomic E-state index is 0. The molecule has 0 radical (unpaired) electrons. The molecule has 4 atom stereocenters. The Morgan fingerprint density at radius 1 is 0.559 bits per heavy atom. The van der Waals surface area contributed by atoms with Crippen LogP contribution in [0, 0.1) is 0 Å². The number of hydrogen-bond donors (Lipinski definition) is 4. The largest absolute Gasteiger partial charge is 2.00 e. The van der Waals surface area contributed by atoms with Crippen LogP contribution in [0.1, 0.15) is 12.8 Å². The molecule has 0 saturated heterocycles. The van der Waals surface area contributed by atoms with Crippen LogP contribution in [0.2, 0.25) is 0 Å². The van der Waals surface area contributed by atoms with Crippen molar-refractivity contribution in [2.45, 2.75) is 36.3 Å². The first-order valence-corrected chi connectivity index (χ1v) is 6.48. The average molecular weight is 609 g/mol. The fourth-order valence-corrected chi connectivity index (χ4v) is 1.39. The van der Waals surface area contributed by atoms with E-state index in [2.05, 4.69) is 0 Å². The molecule has 0 aliphatic rings. The van der Waals surface area contributed by atoms with Gasteiger partial charge in [0.05, 0.1) is 23.9 Å². The minimum Gasteiger partial charge on any atom is 2.00 e. The van der Waals surface area contributed by atoms with E-state index in [0.717, 1.165) is 0 Å². The van der Waals surface area contributed by atoms with Gasteiger partial charge in [-0.3, -0.25) is 0 Å². The zero-order chi connectivity index (χ0) is 23.0. The van der Waals surface area contributed by atoms with Gasteiger partial charge in [-0.05, 0) is 0 Å². The van der Waals surface area contributed by atoms with Crippen LogP contribution in [-0.4, -0.2) is 262 Å². The molecule has 0 saturated carbocycles. The molecule has 34 heavy (non-hydrogen) atoms. The number of carboxylic acid groups (broad SMARTS) is 6. The molecule has 4 N–H and O–H groups in total. The maximum absolute atomic E-state index is 10.2. The fourth-order valence-electron chi connectivity index (χ4n) is 1.39. The van der Waals surface area contributed by atoms with Crippen LogP contribution in [0.4, 0.5) is 0 Å². The monoisotopic (exact) mass is 608 g/mol. The van der Waals surface area contributed by atoms with E-state index in [1.54, 1.807) is 0 Å². The topological polar surface area (TPSA) is 322 Å². The summed E-state index contributed by atoms with van der Waals surface area (Å²) in [6, 6.07) is 0. The number of aliphatic carboxylic acids is 6. The standard InChI is InChI=1S/2C6H8O8.3Ca.3Mg.6H/c2*7-2(8)1-6(14,5(12)13)3(9)4(10)11;;;;;;;;;;;;/h2*3,9,14H,1H2,(H,7,8)(H,10,11)(H,12,13);;;;;;;;;;;;/q;;;;;3*+2;;;;;;/p-6. The van der Waals surface area contributed by atoms with Gasteiger partial charge in [-0.2, -0.15) is 0 Å². The van der Waals surface area contributed by atoms with Gasteiger partial charge in [-0.1, -0.05) is 0 Å². The third-order valence-corrected chi connectivity index (χ3v) is 2.89. The molecule has 0 bridgehead atoms. The second kappa shape index (κ2) is 26.0. The van der Waals surface area contributed by atoms with Crippen molar-refractivity contribution in [1.82, 2.24) is 0 Å². The van der Waals surface area contributed by atoms with Crippen LogP contribution >= 0.6 is 0 Å². The van der Waals surface area contributed by atoms with Gasteiger partial charge >= 0.3 is 182 Å². The summed E-state index contributed by atoms with van der Waals surface area (Å²) in [7, 11) is 0. The van der Waals surface area contributed by atoms with Crippen molar-refractivity contribution in [2.75, 3.05) is 0 Å². The summed E-state index contributed by atoms with van der Waals surface area (Å²) >= 11 is 0. The number of hydrogen-bond acceptors (Lipinski definition) is 16. The van der Waals surface area contributed by atoms with Gasteiger partial charge in [-0.15, -0.1) is 0 Å². The molecule has 0 amide bonds. The summed E-state index contributed by atoms with van der Waals surface area (Å²) < 4.78 is 0. The zero-order valence-corrected chi connectivity index (χ0v) is 19.6. The summed E-state index contributed by atoms with van der Waals surface area (Å²) in [6.45, 7) is 0. The van der Waals surface area contributed by atoms with Crippen molar-refractivity contribution < 1.29 is 79.8 Å². The molecule has 0 spiro atoms. The Labute approximate surface area is 328 Å². The first-order chi connectivity index (χ1) is 12.4. The van der Waals surface area contributed by atoms with Gasteiger partial charge < -0.3 is 79.8 Å². The van der Waals surface area contributed by atoms with Crippen LogP contribution < -0.4 is 30.6 Å². The molecule has 0 aromatic heterocycles. The molecule has 16 nitrogen and oxygen atoms in total. The Morgan fingerprint density at radius 2 is 0.735 bits per heavy atom. The molecule has 0 aliphatic heterocycles. The summed E-state index contributed by atoms with van der Waals surface area (Å²) in [5, 5.41) is 95.5. The Balaban J connectivity index is -0.0000000563. The number of aliphatic hydroxyl groups is 4. The van der Waals surface area contributed by atoms with Crippen molar-refractivity contribution in [3.63, 3.8) is 0 Å². The summed E-state index contributed by atoms with van der Waals surface area (Å²) in [6.07, 6.45) is -9.06. The Hall–Kier alpha value is 2.74. The Morgan fingerprint density at radius 3 is 0.824 bits per heavy atom. The molecule has 0 heterocycles. The van der Waals surface area contributed by atoms with E-state index in [0.29, 0.717) is 0 Å². The second-order valence-corrected chi connectivity index (χ2v) is 4.96. The van der Waals surface area contributed by atoms with E-state index in [-0.39, 0.29) is 182 Å². The van der Waals surface area contributed by atoms with Crippen LogP contribution in [0.3, 0.4) is 0 Å². The molecule has 4 unspecified atom stereocenters. The van der Waals surface area contributed by atoms with Gasteiger partial charge in [0.25, 0.3) is 0 Å². The molecule has 172 valence electrons. The maximum atomic E-state index is 10.2. The number of aliphatic hydroxyl groups excluding tert-OH is 2. The van der Waals surface area contributed by atoms with Crippen LogP contribution in [-0.2, 0) is 28.8 Å². The third kappa shape index (κ3) is 19.8. The third-order valence-electron chi connectivity index (χ3n) is 2.89. The van der Waals surface area contributed by atoms with E-state index >= 15 is 0 Å². The van der Waals surface area contributed by atoms with Crippen molar-refractivity contribution in [1.29, 1.82) is 0 Å². The van der Waals surface area contributed by atoms with E-state index < -0.39 is 72.1 Å². The number of rotatable bonds is 10. The number of carboxylic acids is 6. The summed E-state index contributed by atoms with van der Waals surface area (Å²) in [4.78, 5) is 60.3. The van der Waals surface area contributed by atoms with Crippen LogP contribution in [0.15, 0.2) is 0 Å². The summed E-state index contributed by atoms with van der Waals surface area (Å²) in [5.41, 5.74) is -6.92. The number of carbonyl (C=O) groups excluding carboxylic acids is 6. The van der Waals surface area contributed by atoms with Crippen LogP contribution in [0.5, 0.6) is 0 Å². The van der Waals surface area contributed by atoms with Gasteiger partial charge in [0.1, 0.15) is 23.4 Å². The van der Waals surface area contributed by atoms with E-state index in [1.807, 2.05) is 0 Å². The molecule has 0 fully saturated rings. The molecule has 0 rings (SSSR count). The Kier molecular flexibility index (Phi) is 43.4. The molecule has 0 aliphatic carbocycles. The molecule has 0 aromatic carbocycles. The van der Waals surface area contributed by atoms with Crippen molar-refractivity contribution in [2.24, 2.45) is 0 Å². The van der Waals surface area contributed by atoms with E-state index in [4.69, 9.17) is 20.4 Å². The minimum atomic E-state index is -3.46. The van der Waals surface area contributed by atoms with Crippen LogP contribution in [0.25, 0.3) is 0 Å². The number of carbonyl (C=O) groups is 6. The van der Waals surface area contributed by atoms with Crippen molar-refractivity contribution >= 4 is 218 Å².